The van der Waals surface area contributed by atoms with Crippen LogP contribution < -0.4 is 5.32 Å². The fourth-order valence-corrected chi connectivity index (χ4v) is 4.69. The van der Waals surface area contributed by atoms with Gasteiger partial charge < -0.3 is 19.9 Å². The van der Waals surface area contributed by atoms with Crippen molar-refractivity contribution in [1.29, 1.82) is 0 Å². The number of aliphatic imine (C=N–C) groups is 1. The third-order valence-corrected chi connectivity index (χ3v) is 6.23. The maximum absolute atomic E-state index is 13.2. The number of ether oxygens (including phenoxy) is 1. The van der Waals surface area contributed by atoms with Crippen LogP contribution in [0.15, 0.2) is 51.6 Å². The molecule has 3 rings (SSSR count). The van der Waals surface area contributed by atoms with Crippen molar-refractivity contribution in [3.05, 3.63) is 57.8 Å². The number of amidine groups is 1. The SMILES string of the molecule is CC1=C(C(=O)OC(C)C)[C@H](c2ccc(C(F)(F)F)cc2)N2C(CC(=O)NCCN(C)C)=CSC2=N1. The zero-order valence-electron chi connectivity index (χ0n) is 20.3. The first-order chi connectivity index (χ1) is 16.4. The van der Waals surface area contributed by atoms with Crippen molar-refractivity contribution >= 4 is 28.8 Å². The van der Waals surface area contributed by atoms with E-state index in [1.54, 1.807) is 31.1 Å². The molecule has 1 aromatic rings. The molecule has 0 aromatic heterocycles. The highest BCUT2D eigenvalue weighted by Gasteiger charge is 2.41. The molecule has 2 aliphatic rings. The van der Waals surface area contributed by atoms with Crippen LogP contribution in [0.1, 0.15) is 44.4 Å². The number of carbonyl (C=O) groups is 2. The number of nitrogens with zero attached hydrogens (tertiary/aromatic N) is 3. The monoisotopic (exact) mass is 510 g/mol. The first kappa shape index (κ1) is 26.8. The summed E-state index contributed by atoms with van der Waals surface area (Å²) in [6.07, 6.45) is -4.85. The lowest BCUT2D eigenvalue weighted by atomic mass is 9.93. The molecule has 0 radical (unpaired) electrons. The molecule has 0 aliphatic carbocycles. The quantitative estimate of drug-likeness (QED) is 0.526. The fourth-order valence-electron chi connectivity index (χ4n) is 3.72. The Bertz CT molecular complexity index is 1060. The van der Waals surface area contributed by atoms with Crippen molar-refractivity contribution in [2.75, 3.05) is 27.2 Å². The number of rotatable bonds is 8. The highest BCUT2D eigenvalue weighted by Crippen LogP contribution is 2.45. The van der Waals surface area contributed by atoms with Crippen LogP contribution in [0.25, 0.3) is 0 Å². The molecule has 11 heteroatoms. The van der Waals surface area contributed by atoms with Crippen molar-refractivity contribution in [1.82, 2.24) is 15.1 Å². The Morgan fingerprint density at radius 3 is 2.46 bits per heavy atom. The van der Waals surface area contributed by atoms with Gasteiger partial charge in [0.1, 0.15) is 0 Å². The molecule has 7 nitrogen and oxygen atoms in total. The lowest BCUT2D eigenvalue weighted by Crippen LogP contribution is -2.39. The number of alkyl halides is 3. The fraction of sp³-hybridized carbons (Fsp3) is 0.458. The molecule has 0 bridgehead atoms. The average molecular weight is 511 g/mol. The normalized spacial score (nSPS) is 18.0. The third-order valence-electron chi connectivity index (χ3n) is 5.34. The van der Waals surface area contributed by atoms with E-state index in [2.05, 4.69) is 10.3 Å². The number of hydrogen-bond acceptors (Lipinski definition) is 7. The Morgan fingerprint density at radius 2 is 1.89 bits per heavy atom. The largest absolute Gasteiger partial charge is 0.459 e. The topological polar surface area (TPSA) is 74.2 Å². The van der Waals surface area contributed by atoms with Gasteiger partial charge in [-0.1, -0.05) is 23.9 Å². The van der Waals surface area contributed by atoms with Gasteiger partial charge in [-0.15, -0.1) is 0 Å². The first-order valence-electron chi connectivity index (χ1n) is 11.1. The lowest BCUT2D eigenvalue weighted by Gasteiger charge is -2.36. The molecule has 1 N–H and O–H groups in total. The summed E-state index contributed by atoms with van der Waals surface area (Å²) in [4.78, 5) is 33.9. The van der Waals surface area contributed by atoms with Gasteiger partial charge in [0, 0.05) is 18.8 Å². The Kier molecular flexibility index (Phi) is 8.32. The standard InChI is InChI=1S/C24H29F3N4O3S/c1-14(2)34-22(33)20-15(3)29-23-31(18(13-35-23)12-19(32)28-10-11-30(4)5)21(20)16-6-8-17(9-7-16)24(25,26)27/h6-9,13-14,21H,10-12H2,1-5H3,(H,28,32)/t21-/m0/s1. The van der Waals surface area contributed by atoms with Gasteiger partial charge >= 0.3 is 12.1 Å². The highest BCUT2D eigenvalue weighted by molar-refractivity contribution is 8.16. The summed E-state index contributed by atoms with van der Waals surface area (Å²) >= 11 is 1.30. The molecule has 0 saturated heterocycles. The van der Waals surface area contributed by atoms with Gasteiger partial charge in [0.15, 0.2) is 5.17 Å². The van der Waals surface area contributed by atoms with E-state index in [1.807, 2.05) is 19.0 Å². The Labute approximate surface area is 207 Å². The average Bonchev–Trinajstić information content (AvgIpc) is 3.13. The molecule has 1 aromatic carbocycles. The van der Waals surface area contributed by atoms with E-state index in [0.29, 0.717) is 35.2 Å². The van der Waals surface area contributed by atoms with E-state index in [0.717, 1.165) is 12.1 Å². The molecule has 0 saturated carbocycles. The molecule has 2 heterocycles. The number of halogens is 3. The Hall–Kier alpha value is -2.79. The summed E-state index contributed by atoms with van der Waals surface area (Å²) in [7, 11) is 3.81. The highest BCUT2D eigenvalue weighted by atomic mass is 32.2. The Morgan fingerprint density at radius 1 is 1.23 bits per heavy atom. The number of carbonyl (C=O) groups excluding carboxylic acids is 2. The maximum Gasteiger partial charge on any atom is 0.416 e. The van der Waals surface area contributed by atoms with Crippen molar-refractivity contribution in [2.24, 2.45) is 4.99 Å². The second-order valence-electron chi connectivity index (χ2n) is 8.80. The number of likely N-dealkylation sites (N-methyl/N-ethyl adjacent to an activating group) is 1. The summed E-state index contributed by atoms with van der Waals surface area (Å²) in [5.74, 6) is -0.805. The zero-order valence-corrected chi connectivity index (χ0v) is 21.1. The van der Waals surface area contributed by atoms with E-state index >= 15 is 0 Å². The van der Waals surface area contributed by atoms with Crippen LogP contribution in [-0.2, 0) is 20.5 Å². The minimum absolute atomic E-state index is 0.0299. The molecule has 0 fully saturated rings. The van der Waals surface area contributed by atoms with E-state index in [1.165, 1.54) is 23.9 Å². The summed E-state index contributed by atoms with van der Waals surface area (Å²) in [6, 6.07) is 3.89. The summed E-state index contributed by atoms with van der Waals surface area (Å²) in [5, 5.41) is 5.19. The van der Waals surface area contributed by atoms with Gasteiger partial charge in [-0.2, -0.15) is 13.2 Å². The van der Waals surface area contributed by atoms with Crippen molar-refractivity contribution in [3.63, 3.8) is 0 Å². The lowest BCUT2D eigenvalue weighted by molar-refractivity contribution is -0.143. The number of esters is 1. The Balaban J connectivity index is 1.97. The van der Waals surface area contributed by atoms with Crippen LogP contribution in [-0.4, -0.2) is 60.1 Å². The number of nitrogens with one attached hydrogen (secondary N) is 1. The van der Waals surface area contributed by atoms with Gasteiger partial charge in [0.05, 0.1) is 35.4 Å². The zero-order chi connectivity index (χ0) is 25.9. The minimum atomic E-state index is -4.48. The molecule has 0 unspecified atom stereocenters. The number of benzene rings is 1. The van der Waals surface area contributed by atoms with Crippen LogP contribution in [0, 0.1) is 0 Å². The number of amides is 1. The van der Waals surface area contributed by atoms with Crippen molar-refractivity contribution < 1.29 is 27.5 Å². The predicted molar refractivity (Wildman–Crippen MR) is 129 cm³/mol. The molecular weight excluding hydrogens is 481 g/mol. The summed E-state index contributed by atoms with van der Waals surface area (Å²) in [5.41, 5.74) is 0.919. The maximum atomic E-state index is 13.2. The van der Waals surface area contributed by atoms with Crippen molar-refractivity contribution in [2.45, 2.75) is 45.5 Å². The minimum Gasteiger partial charge on any atom is -0.459 e. The molecule has 1 amide bonds. The summed E-state index contributed by atoms with van der Waals surface area (Å²) in [6.45, 7) is 6.25. The molecule has 190 valence electrons. The molecule has 35 heavy (non-hydrogen) atoms. The smallest absolute Gasteiger partial charge is 0.416 e. The van der Waals surface area contributed by atoms with E-state index in [4.69, 9.17) is 4.74 Å². The summed E-state index contributed by atoms with van der Waals surface area (Å²) < 4.78 is 45.0. The first-order valence-corrected chi connectivity index (χ1v) is 12.0. The van der Waals surface area contributed by atoms with Crippen LogP contribution in [0.2, 0.25) is 0 Å². The molecule has 0 spiro atoms. The second kappa shape index (κ2) is 10.9. The third kappa shape index (κ3) is 6.46. The predicted octanol–water partition coefficient (Wildman–Crippen LogP) is 4.30. The number of allylic oxidation sites excluding steroid dienone is 1. The number of thioether (sulfide) groups is 1. The molecule has 2 aliphatic heterocycles. The van der Waals surface area contributed by atoms with Crippen LogP contribution in [0.4, 0.5) is 13.2 Å². The van der Waals surface area contributed by atoms with Gasteiger partial charge in [-0.05, 0) is 58.0 Å². The van der Waals surface area contributed by atoms with E-state index in [9.17, 15) is 22.8 Å². The van der Waals surface area contributed by atoms with E-state index < -0.39 is 29.9 Å². The van der Waals surface area contributed by atoms with E-state index in [-0.39, 0.29) is 17.9 Å². The molecule has 1 atom stereocenters. The van der Waals surface area contributed by atoms with Gasteiger partial charge in [0.25, 0.3) is 0 Å². The molecular formula is C24H29F3N4O3S. The number of hydrogen-bond donors (Lipinski definition) is 1. The van der Waals surface area contributed by atoms with Gasteiger partial charge in [0.2, 0.25) is 5.91 Å². The van der Waals surface area contributed by atoms with Crippen LogP contribution in [0.3, 0.4) is 0 Å². The van der Waals surface area contributed by atoms with Crippen LogP contribution in [0.5, 0.6) is 0 Å². The number of fused-ring (bicyclic) bond motifs is 1. The van der Waals surface area contributed by atoms with Gasteiger partial charge in [-0.3, -0.25) is 4.79 Å². The van der Waals surface area contributed by atoms with Gasteiger partial charge in [-0.25, -0.2) is 9.79 Å². The van der Waals surface area contributed by atoms with Crippen LogP contribution >= 0.6 is 11.8 Å². The second-order valence-corrected chi connectivity index (χ2v) is 9.63. The van der Waals surface area contributed by atoms with Crippen molar-refractivity contribution in [3.8, 4) is 0 Å².